The van der Waals surface area contributed by atoms with Gasteiger partial charge in [-0.25, -0.2) is 4.98 Å². The molecule has 3 heteroatoms. The quantitative estimate of drug-likeness (QED) is 0.743. The molecular formula is C11H15NOS. The number of nitrogens with zero attached hydrogens (tertiary/aromatic N) is 1. The van der Waals surface area contributed by atoms with E-state index in [0.717, 1.165) is 21.2 Å². The lowest BCUT2D eigenvalue weighted by Crippen LogP contribution is -1.84. The van der Waals surface area contributed by atoms with Crippen molar-refractivity contribution in [3.05, 3.63) is 16.8 Å². The summed E-state index contributed by atoms with van der Waals surface area (Å²) < 4.78 is 5.72. The molecule has 0 N–H and O–H groups in total. The minimum absolute atomic E-state index is 0.443. The topological polar surface area (TPSA) is 26.0 Å². The molecule has 0 amide bonds. The number of rotatable bonds is 2. The summed E-state index contributed by atoms with van der Waals surface area (Å²) in [6, 6.07) is 2.06. The van der Waals surface area contributed by atoms with Gasteiger partial charge >= 0.3 is 0 Å². The zero-order valence-electron chi connectivity index (χ0n) is 9.00. The third-order valence-electron chi connectivity index (χ3n) is 2.19. The molecule has 0 saturated heterocycles. The average molecular weight is 209 g/mol. The maximum absolute atomic E-state index is 5.72. The molecule has 2 rings (SSSR count). The van der Waals surface area contributed by atoms with Crippen LogP contribution in [0.1, 0.15) is 50.3 Å². The van der Waals surface area contributed by atoms with Gasteiger partial charge < -0.3 is 4.42 Å². The second-order valence-electron chi connectivity index (χ2n) is 4.18. The van der Waals surface area contributed by atoms with E-state index in [9.17, 15) is 0 Å². The van der Waals surface area contributed by atoms with Crippen molar-refractivity contribution in [2.24, 2.45) is 0 Å². The molecule has 0 bridgehead atoms. The largest absolute Gasteiger partial charge is 0.448 e. The van der Waals surface area contributed by atoms with Crippen LogP contribution in [0.3, 0.4) is 0 Å². The molecule has 0 spiro atoms. The number of thiazole rings is 1. The van der Waals surface area contributed by atoms with E-state index in [2.05, 4.69) is 38.7 Å². The first kappa shape index (κ1) is 9.71. The molecule has 0 radical (unpaired) electrons. The van der Waals surface area contributed by atoms with E-state index in [1.807, 2.05) is 0 Å². The van der Waals surface area contributed by atoms with Crippen LogP contribution in [-0.4, -0.2) is 4.98 Å². The van der Waals surface area contributed by atoms with Gasteiger partial charge in [0.1, 0.15) is 11.3 Å². The molecule has 0 aromatic carbocycles. The van der Waals surface area contributed by atoms with Crippen LogP contribution in [-0.2, 0) is 0 Å². The van der Waals surface area contributed by atoms with E-state index in [1.165, 1.54) is 0 Å². The van der Waals surface area contributed by atoms with Crippen LogP contribution in [0.2, 0.25) is 0 Å². The average Bonchev–Trinajstić information content (AvgIpc) is 2.57. The zero-order chi connectivity index (χ0) is 10.3. The van der Waals surface area contributed by atoms with Gasteiger partial charge in [-0.3, -0.25) is 0 Å². The highest BCUT2D eigenvalue weighted by atomic mass is 32.1. The molecule has 2 aromatic rings. The monoisotopic (exact) mass is 209 g/mol. The summed E-state index contributed by atoms with van der Waals surface area (Å²) in [5.41, 5.74) is 1.02. The van der Waals surface area contributed by atoms with E-state index in [-0.39, 0.29) is 0 Å². The third-order valence-corrected chi connectivity index (χ3v) is 3.44. The van der Waals surface area contributed by atoms with Gasteiger partial charge in [0, 0.05) is 17.9 Å². The van der Waals surface area contributed by atoms with Gasteiger partial charge in [0.2, 0.25) is 4.90 Å². The molecule has 76 valence electrons. The Hall–Kier alpha value is -0.830. The van der Waals surface area contributed by atoms with Gasteiger partial charge in [-0.15, -0.1) is 0 Å². The van der Waals surface area contributed by atoms with Gasteiger partial charge in [-0.1, -0.05) is 39.0 Å². The minimum atomic E-state index is 0.443. The van der Waals surface area contributed by atoms with Crippen molar-refractivity contribution in [1.29, 1.82) is 0 Å². The van der Waals surface area contributed by atoms with Crippen molar-refractivity contribution in [3.8, 4) is 0 Å². The Labute approximate surface area is 88.0 Å². The zero-order valence-corrected chi connectivity index (χ0v) is 9.81. The van der Waals surface area contributed by atoms with Gasteiger partial charge in [0.25, 0.3) is 0 Å². The molecule has 0 unspecified atom stereocenters. The van der Waals surface area contributed by atoms with Gasteiger partial charge in [0.05, 0.1) is 5.01 Å². The van der Waals surface area contributed by atoms with E-state index in [0.29, 0.717) is 11.8 Å². The van der Waals surface area contributed by atoms with Crippen molar-refractivity contribution in [1.82, 2.24) is 4.98 Å². The van der Waals surface area contributed by atoms with Crippen molar-refractivity contribution in [3.63, 3.8) is 0 Å². The van der Waals surface area contributed by atoms with E-state index in [1.54, 1.807) is 11.3 Å². The van der Waals surface area contributed by atoms with Crippen LogP contribution in [0.4, 0.5) is 0 Å². The summed E-state index contributed by atoms with van der Waals surface area (Å²) in [5, 5.41) is 1.16. The highest BCUT2D eigenvalue weighted by Gasteiger charge is 2.13. The summed E-state index contributed by atoms with van der Waals surface area (Å²) >= 11 is 1.67. The fourth-order valence-corrected chi connectivity index (χ4v) is 2.22. The standard InChI is InChI=1S/C11H15NOS/c1-6(2)9-5-8-11(13-9)14-10(12-8)7(3)4/h5-7H,1-4H3. The molecule has 0 fully saturated rings. The van der Waals surface area contributed by atoms with E-state index >= 15 is 0 Å². The number of fused-ring (bicyclic) bond motifs is 1. The van der Waals surface area contributed by atoms with Crippen LogP contribution in [0.15, 0.2) is 10.5 Å². The first-order valence-corrected chi connectivity index (χ1v) is 5.79. The Morgan fingerprint density at radius 3 is 2.43 bits per heavy atom. The van der Waals surface area contributed by atoms with Crippen LogP contribution < -0.4 is 0 Å². The fraction of sp³-hybridized carbons (Fsp3) is 0.545. The maximum Gasteiger partial charge on any atom is 0.208 e. The second-order valence-corrected chi connectivity index (χ2v) is 5.18. The highest BCUT2D eigenvalue weighted by Crippen LogP contribution is 2.31. The summed E-state index contributed by atoms with van der Waals surface area (Å²) in [6.07, 6.45) is 0. The van der Waals surface area contributed by atoms with E-state index in [4.69, 9.17) is 4.42 Å². The van der Waals surface area contributed by atoms with Crippen molar-refractivity contribution < 1.29 is 4.42 Å². The Kier molecular flexibility index (Phi) is 2.35. The van der Waals surface area contributed by atoms with Gasteiger partial charge in [-0.2, -0.15) is 0 Å². The molecule has 0 aliphatic carbocycles. The van der Waals surface area contributed by atoms with Crippen molar-refractivity contribution in [2.75, 3.05) is 0 Å². The Balaban J connectivity index is 2.45. The number of aromatic nitrogens is 1. The van der Waals surface area contributed by atoms with Crippen molar-refractivity contribution >= 4 is 21.8 Å². The molecule has 0 aliphatic heterocycles. The van der Waals surface area contributed by atoms with Gasteiger partial charge in [-0.05, 0) is 0 Å². The summed E-state index contributed by atoms with van der Waals surface area (Å²) in [5.74, 6) is 1.97. The molecule has 2 nitrogen and oxygen atoms in total. The summed E-state index contributed by atoms with van der Waals surface area (Å²) in [7, 11) is 0. The predicted octanol–water partition coefficient (Wildman–Crippen LogP) is 4.14. The molecule has 2 aromatic heterocycles. The van der Waals surface area contributed by atoms with E-state index < -0.39 is 0 Å². The minimum Gasteiger partial charge on any atom is -0.448 e. The maximum atomic E-state index is 5.72. The van der Waals surface area contributed by atoms with Crippen LogP contribution in [0.5, 0.6) is 0 Å². The molecule has 2 heterocycles. The normalized spacial score (nSPS) is 12.1. The molecule has 14 heavy (non-hydrogen) atoms. The summed E-state index contributed by atoms with van der Waals surface area (Å²) in [4.78, 5) is 5.51. The van der Waals surface area contributed by atoms with Crippen LogP contribution >= 0.6 is 11.3 Å². The van der Waals surface area contributed by atoms with Crippen molar-refractivity contribution in [2.45, 2.75) is 39.5 Å². The second kappa shape index (κ2) is 3.39. The first-order valence-electron chi connectivity index (χ1n) is 4.98. The predicted molar refractivity (Wildman–Crippen MR) is 60.1 cm³/mol. The van der Waals surface area contributed by atoms with Crippen LogP contribution in [0, 0.1) is 0 Å². The third kappa shape index (κ3) is 1.57. The molecular weight excluding hydrogens is 194 g/mol. The summed E-state index contributed by atoms with van der Waals surface area (Å²) in [6.45, 7) is 8.57. The lowest BCUT2D eigenvalue weighted by Gasteiger charge is -1.97. The lowest BCUT2D eigenvalue weighted by atomic mass is 10.2. The Morgan fingerprint density at radius 2 is 1.93 bits per heavy atom. The number of hydrogen-bond acceptors (Lipinski definition) is 3. The number of furan rings is 1. The molecule has 0 saturated carbocycles. The Bertz CT molecular complexity index is 370. The number of hydrogen-bond donors (Lipinski definition) is 0. The fourth-order valence-electron chi connectivity index (χ4n) is 1.30. The Morgan fingerprint density at radius 1 is 1.21 bits per heavy atom. The highest BCUT2D eigenvalue weighted by molar-refractivity contribution is 7.18. The lowest BCUT2D eigenvalue weighted by molar-refractivity contribution is 0.527. The first-order chi connectivity index (χ1) is 6.58. The molecule has 0 atom stereocenters. The molecule has 0 aliphatic rings. The van der Waals surface area contributed by atoms with Crippen LogP contribution in [0.25, 0.3) is 10.4 Å². The smallest absolute Gasteiger partial charge is 0.208 e. The SMILES string of the molecule is CC(C)c1cc2nc(C(C)C)sc2o1. The van der Waals surface area contributed by atoms with Gasteiger partial charge in [0.15, 0.2) is 0 Å².